The van der Waals surface area contributed by atoms with Crippen molar-refractivity contribution in [2.24, 2.45) is 0 Å². The van der Waals surface area contributed by atoms with Gasteiger partial charge in [-0.2, -0.15) is 0 Å². The molecule has 0 saturated carbocycles. The van der Waals surface area contributed by atoms with Crippen molar-refractivity contribution in [1.82, 2.24) is 4.90 Å². The van der Waals surface area contributed by atoms with E-state index in [1.807, 2.05) is 13.8 Å². The molecule has 2 saturated heterocycles. The number of rotatable bonds is 1. The minimum Gasteiger partial charge on any atom is -0.447 e. The Balaban J connectivity index is 1.89. The van der Waals surface area contributed by atoms with E-state index in [0.29, 0.717) is 26.3 Å². The summed E-state index contributed by atoms with van der Waals surface area (Å²) in [6.45, 7) is 6.04. The van der Waals surface area contributed by atoms with E-state index in [9.17, 15) is 4.79 Å². The number of carbonyl (C=O) groups excluding carboxylic acids is 1. The van der Waals surface area contributed by atoms with Crippen LogP contribution in [0.2, 0.25) is 0 Å². The van der Waals surface area contributed by atoms with Crippen molar-refractivity contribution in [3.63, 3.8) is 0 Å². The van der Waals surface area contributed by atoms with Crippen LogP contribution in [0, 0.1) is 0 Å². The van der Waals surface area contributed by atoms with Gasteiger partial charge in [-0.05, 0) is 13.8 Å². The Morgan fingerprint density at radius 2 is 2.07 bits per heavy atom. The zero-order valence-corrected chi connectivity index (χ0v) is 9.19. The molecule has 0 aromatic heterocycles. The third-order valence-corrected chi connectivity index (χ3v) is 2.60. The maximum atomic E-state index is 11.6. The van der Waals surface area contributed by atoms with Gasteiger partial charge in [0.1, 0.15) is 0 Å². The van der Waals surface area contributed by atoms with Crippen LogP contribution in [0.1, 0.15) is 20.3 Å². The first-order valence-electron chi connectivity index (χ1n) is 5.35. The molecule has 0 N–H and O–H groups in total. The molecule has 0 aromatic rings. The Labute approximate surface area is 89.3 Å². The van der Waals surface area contributed by atoms with Crippen LogP contribution < -0.4 is 0 Å². The molecule has 0 unspecified atom stereocenters. The van der Waals surface area contributed by atoms with E-state index in [0.717, 1.165) is 6.42 Å². The Morgan fingerprint density at radius 1 is 1.40 bits per heavy atom. The van der Waals surface area contributed by atoms with Crippen LogP contribution in [0.5, 0.6) is 0 Å². The van der Waals surface area contributed by atoms with Crippen LogP contribution in [0.25, 0.3) is 0 Å². The standard InChI is InChI=1S/C10H17NO4/c1-8(2)15-9(12)11-4-3-10(7-11)13-5-6-14-10/h8H,3-7H2,1-2H3. The molecule has 2 aliphatic rings. The SMILES string of the molecule is CC(C)OC(=O)N1CCC2(C1)OCCO2. The third-order valence-electron chi connectivity index (χ3n) is 2.60. The van der Waals surface area contributed by atoms with Crippen LogP contribution in [0.15, 0.2) is 0 Å². The quantitative estimate of drug-likeness (QED) is 0.654. The molecule has 0 radical (unpaired) electrons. The second-order valence-electron chi connectivity index (χ2n) is 4.21. The first-order valence-corrected chi connectivity index (χ1v) is 5.35. The molecule has 1 spiro atoms. The lowest BCUT2D eigenvalue weighted by Gasteiger charge is -2.22. The highest BCUT2D eigenvalue weighted by Gasteiger charge is 2.45. The van der Waals surface area contributed by atoms with Crippen LogP contribution in [0.3, 0.4) is 0 Å². The molecule has 2 fully saturated rings. The second kappa shape index (κ2) is 3.98. The normalized spacial score (nSPS) is 24.1. The number of amides is 1. The first kappa shape index (κ1) is 10.7. The summed E-state index contributed by atoms with van der Waals surface area (Å²) < 4.78 is 16.1. The Morgan fingerprint density at radius 3 is 2.67 bits per heavy atom. The van der Waals surface area contributed by atoms with Crippen molar-refractivity contribution in [3.8, 4) is 0 Å². The number of hydrogen-bond donors (Lipinski definition) is 0. The number of ether oxygens (including phenoxy) is 3. The summed E-state index contributed by atoms with van der Waals surface area (Å²) in [5.41, 5.74) is 0. The van der Waals surface area contributed by atoms with Gasteiger partial charge in [-0.3, -0.25) is 0 Å². The smallest absolute Gasteiger partial charge is 0.410 e. The van der Waals surface area contributed by atoms with Crippen molar-refractivity contribution in [2.45, 2.75) is 32.2 Å². The first-order chi connectivity index (χ1) is 7.11. The average molecular weight is 215 g/mol. The van der Waals surface area contributed by atoms with Gasteiger partial charge in [-0.1, -0.05) is 0 Å². The fourth-order valence-electron chi connectivity index (χ4n) is 1.92. The van der Waals surface area contributed by atoms with E-state index in [2.05, 4.69) is 0 Å². The molecule has 0 atom stereocenters. The Hall–Kier alpha value is -0.810. The summed E-state index contributed by atoms with van der Waals surface area (Å²) >= 11 is 0. The lowest BCUT2D eigenvalue weighted by molar-refractivity contribution is -0.144. The lowest BCUT2D eigenvalue weighted by atomic mass is 10.2. The molecule has 0 aromatic carbocycles. The zero-order chi connectivity index (χ0) is 10.9. The van der Waals surface area contributed by atoms with Crippen LogP contribution in [-0.4, -0.2) is 49.2 Å². The van der Waals surface area contributed by atoms with Gasteiger partial charge >= 0.3 is 6.09 Å². The molecule has 1 amide bonds. The third kappa shape index (κ3) is 2.23. The van der Waals surface area contributed by atoms with Crippen molar-refractivity contribution in [2.75, 3.05) is 26.3 Å². The molecular weight excluding hydrogens is 198 g/mol. The molecule has 5 heteroatoms. The van der Waals surface area contributed by atoms with Gasteiger partial charge < -0.3 is 19.1 Å². The highest BCUT2D eigenvalue weighted by Crippen LogP contribution is 2.30. The maximum absolute atomic E-state index is 11.6. The molecule has 0 bridgehead atoms. The number of carbonyl (C=O) groups is 1. The van der Waals surface area contributed by atoms with Crippen molar-refractivity contribution in [1.29, 1.82) is 0 Å². The molecule has 0 aliphatic carbocycles. The fourth-order valence-corrected chi connectivity index (χ4v) is 1.92. The molecule has 86 valence electrons. The van der Waals surface area contributed by atoms with E-state index < -0.39 is 5.79 Å². The Bertz CT molecular complexity index is 248. The fraction of sp³-hybridized carbons (Fsp3) is 0.900. The van der Waals surface area contributed by atoms with E-state index >= 15 is 0 Å². The van der Waals surface area contributed by atoms with Gasteiger partial charge in [0.15, 0.2) is 5.79 Å². The van der Waals surface area contributed by atoms with Crippen LogP contribution in [-0.2, 0) is 14.2 Å². The highest BCUT2D eigenvalue weighted by molar-refractivity contribution is 5.68. The van der Waals surface area contributed by atoms with E-state index in [-0.39, 0.29) is 12.2 Å². The monoisotopic (exact) mass is 215 g/mol. The minimum absolute atomic E-state index is 0.0838. The number of nitrogens with zero attached hydrogens (tertiary/aromatic N) is 1. The van der Waals surface area contributed by atoms with Crippen LogP contribution in [0.4, 0.5) is 4.79 Å². The average Bonchev–Trinajstić information content (AvgIpc) is 2.76. The molecule has 2 rings (SSSR count). The summed E-state index contributed by atoms with van der Waals surface area (Å²) in [6.07, 6.45) is 0.376. The highest BCUT2D eigenvalue weighted by atomic mass is 16.7. The molecule has 2 aliphatic heterocycles. The predicted octanol–water partition coefficient (Wildman–Crippen LogP) is 0.980. The van der Waals surface area contributed by atoms with E-state index in [4.69, 9.17) is 14.2 Å². The number of hydrogen-bond acceptors (Lipinski definition) is 4. The number of likely N-dealkylation sites (tertiary alicyclic amines) is 1. The van der Waals surface area contributed by atoms with Crippen molar-refractivity contribution >= 4 is 6.09 Å². The van der Waals surface area contributed by atoms with Crippen LogP contribution >= 0.6 is 0 Å². The molecule has 2 heterocycles. The van der Waals surface area contributed by atoms with E-state index in [1.165, 1.54) is 0 Å². The minimum atomic E-state index is -0.546. The summed E-state index contributed by atoms with van der Waals surface area (Å²) in [6, 6.07) is 0. The maximum Gasteiger partial charge on any atom is 0.410 e. The van der Waals surface area contributed by atoms with Gasteiger partial charge in [0, 0.05) is 13.0 Å². The van der Waals surface area contributed by atoms with Crippen molar-refractivity contribution < 1.29 is 19.0 Å². The molecule has 5 nitrogen and oxygen atoms in total. The predicted molar refractivity (Wildman–Crippen MR) is 52.4 cm³/mol. The van der Waals surface area contributed by atoms with Crippen molar-refractivity contribution in [3.05, 3.63) is 0 Å². The van der Waals surface area contributed by atoms with Gasteiger partial charge in [-0.15, -0.1) is 0 Å². The topological polar surface area (TPSA) is 48.0 Å². The molecule has 15 heavy (non-hydrogen) atoms. The summed E-state index contributed by atoms with van der Waals surface area (Å²) in [5.74, 6) is -0.546. The van der Waals surface area contributed by atoms with Gasteiger partial charge in [-0.25, -0.2) is 4.79 Å². The Kier molecular flexibility index (Phi) is 2.84. The largest absolute Gasteiger partial charge is 0.447 e. The summed E-state index contributed by atoms with van der Waals surface area (Å²) in [7, 11) is 0. The summed E-state index contributed by atoms with van der Waals surface area (Å²) in [5, 5.41) is 0. The van der Waals surface area contributed by atoms with Gasteiger partial charge in [0.2, 0.25) is 0 Å². The second-order valence-corrected chi connectivity index (χ2v) is 4.21. The zero-order valence-electron chi connectivity index (χ0n) is 9.19. The van der Waals surface area contributed by atoms with Gasteiger partial charge in [0.05, 0.1) is 25.9 Å². The van der Waals surface area contributed by atoms with Gasteiger partial charge in [0.25, 0.3) is 0 Å². The summed E-state index contributed by atoms with van der Waals surface area (Å²) in [4.78, 5) is 13.2. The lowest BCUT2D eigenvalue weighted by Crippen LogP contribution is -2.37. The van der Waals surface area contributed by atoms with E-state index in [1.54, 1.807) is 4.90 Å². The molecular formula is C10H17NO4.